The van der Waals surface area contributed by atoms with Crippen molar-refractivity contribution in [1.82, 2.24) is 9.88 Å². The zero-order chi connectivity index (χ0) is 15.7. The van der Waals surface area contributed by atoms with Gasteiger partial charge >= 0.3 is 5.96 Å². The minimum Gasteiger partial charge on any atom is -1.00 e. The van der Waals surface area contributed by atoms with Gasteiger partial charge in [-0.2, -0.15) is 0 Å². The molecule has 1 heterocycles. The molecule has 0 radical (unpaired) electrons. The van der Waals surface area contributed by atoms with Gasteiger partial charge in [0.2, 0.25) is 0 Å². The van der Waals surface area contributed by atoms with Crippen molar-refractivity contribution in [1.29, 1.82) is 0 Å². The molecular weight excluding hydrogens is 244 g/mol. The summed E-state index contributed by atoms with van der Waals surface area (Å²) in [6.45, 7) is -5.45. The van der Waals surface area contributed by atoms with Gasteiger partial charge in [-0.3, -0.25) is 21.3 Å². The molecule has 8 N–H and O–H groups in total. The molecule has 0 spiro atoms. The number of aromatic nitrogens is 1. The van der Waals surface area contributed by atoms with Gasteiger partial charge in [-0.05, 0) is 6.07 Å². The summed E-state index contributed by atoms with van der Waals surface area (Å²) >= 11 is 0. The first-order valence-corrected chi connectivity index (χ1v) is 4.37. The van der Waals surface area contributed by atoms with E-state index in [0.717, 1.165) is 0 Å². The Kier molecular flexibility index (Phi) is 3.58. The Hall–Kier alpha value is -1.89. The highest BCUT2D eigenvalue weighted by Crippen LogP contribution is 2.07. The molecule has 0 saturated heterocycles. The number of aryl methyl sites for hydroxylation is 1. The van der Waals surface area contributed by atoms with E-state index in [2.05, 4.69) is 0 Å². The fraction of sp³-hybridized carbons (Fsp3) is 0.333. The molecule has 8 heteroatoms. The third-order valence-electron chi connectivity index (χ3n) is 1.70. The SMILES string of the molecule is [2H]C([2H])(NC(=O)c1cc(N)cn1C)C([2H])([2H])[NH+]=C(N)N.[Cl-]. The van der Waals surface area contributed by atoms with Crippen molar-refractivity contribution in [2.45, 2.75) is 0 Å². The van der Waals surface area contributed by atoms with E-state index in [1.54, 1.807) is 7.05 Å². The molecule has 17 heavy (non-hydrogen) atoms. The number of nitrogens with zero attached hydrogens (tertiary/aromatic N) is 1. The first-order valence-electron chi connectivity index (χ1n) is 6.37. The van der Waals surface area contributed by atoms with Gasteiger partial charge < -0.3 is 28.0 Å². The number of nitrogen functional groups attached to an aromatic ring is 1. The van der Waals surface area contributed by atoms with Gasteiger partial charge in [0.1, 0.15) is 5.69 Å². The van der Waals surface area contributed by atoms with E-state index in [-0.39, 0.29) is 18.1 Å². The first kappa shape index (κ1) is 9.17. The molecule has 0 saturated carbocycles. The number of rotatable bonds is 4. The number of carbonyl (C=O) groups is 1. The first-order chi connectivity index (χ1) is 8.96. The van der Waals surface area contributed by atoms with Crippen LogP contribution < -0.4 is 39.9 Å². The number of guanidine groups is 1. The molecule has 0 atom stereocenters. The molecule has 0 aliphatic heterocycles. The van der Waals surface area contributed by atoms with Crippen LogP contribution in [-0.4, -0.2) is 29.4 Å². The van der Waals surface area contributed by atoms with Crippen LogP contribution in [0, 0.1) is 0 Å². The highest BCUT2D eigenvalue weighted by Gasteiger charge is 2.09. The van der Waals surface area contributed by atoms with Crippen LogP contribution in [0.2, 0.25) is 0 Å². The summed E-state index contributed by atoms with van der Waals surface area (Å²) in [6, 6.07) is 1.35. The second-order valence-corrected chi connectivity index (χ2v) is 3.05. The summed E-state index contributed by atoms with van der Waals surface area (Å²) in [5, 5.41) is 1.93. The lowest BCUT2D eigenvalue weighted by molar-refractivity contribution is -0.456. The number of nitrogens with one attached hydrogen (secondary N) is 2. The number of hydrogen-bond donors (Lipinski definition) is 5. The third kappa shape index (κ3) is 4.64. The maximum Gasteiger partial charge on any atom is 0.338 e. The average Bonchev–Trinajstić information content (AvgIpc) is 2.54. The zero-order valence-corrected chi connectivity index (χ0v) is 9.88. The third-order valence-corrected chi connectivity index (χ3v) is 1.70. The lowest BCUT2D eigenvalue weighted by Gasteiger charge is -2.03. The molecule has 1 aromatic heterocycles. The minimum atomic E-state index is -2.76. The van der Waals surface area contributed by atoms with E-state index in [1.807, 2.05) is 10.3 Å². The standard InChI is InChI=1S/C9H16N6O.ClH/c1-15-5-6(10)4-7(15)8(16)13-2-3-14-9(11)12;/h4-5H,2-3,10H2,1H3,(H,13,16)(H4,11,12,14);1H/i2D2,3D2;. The molecule has 0 unspecified atom stereocenters. The molecule has 7 nitrogen and oxygen atoms in total. The highest BCUT2D eigenvalue weighted by molar-refractivity contribution is 5.93. The van der Waals surface area contributed by atoms with Gasteiger partial charge in [-0.1, -0.05) is 0 Å². The summed E-state index contributed by atoms with van der Waals surface area (Å²) in [7, 11) is 1.55. The Morgan fingerprint density at radius 2 is 2.29 bits per heavy atom. The monoisotopic (exact) mass is 264 g/mol. The second-order valence-electron chi connectivity index (χ2n) is 3.05. The molecular formula is C9H17ClN6O. The molecule has 0 aromatic carbocycles. The van der Waals surface area contributed by atoms with E-state index in [1.165, 1.54) is 16.8 Å². The van der Waals surface area contributed by atoms with Gasteiger partial charge in [0.25, 0.3) is 5.91 Å². The van der Waals surface area contributed by atoms with Gasteiger partial charge in [-0.25, -0.2) is 0 Å². The Labute approximate surface area is 111 Å². The van der Waals surface area contributed by atoms with Crippen molar-refractivity contribution < 1.29 is 27.7 Å². The molecule has 1 rings (SSSR count). The predicted octanol–water partition coefficient (Wildman–Crippen LogP) is -6.30. The van der Waals surface area contributed by atoms with Gasteiger partial charge in [-0.15, -0.1) is 0 Å². The lowest BCUT2D eigenvalue weighted by Crippen LogP contribution is -3.00. The van der Waals surface area contributed by atoms with Gasteiger partial charge in [0.05, 0.1) is 17.7 Å². The van der Waals surface area contributed by atoms with Crippen molar-refractivity contribution >= 4 is 17.6 Å². The van der Waals surface area contributed by atoms with Crippen LogP contribution in [0.15, 0.2) is 12.3 Å². The van der Waals surface area contributed by atoms with Gasteiger partial charge in [0.15, 0.2) is 0 Å². The Bertz CT molecular complexity index is 554. The fourth-order valence-electron chi connectivity index (χ4n) is 1.07. The van der Waals surface area contributed by atoms with Crippen LogP contribution >= 0.6 is 0 Å². The molecule has 0 bridgehead atoms. The molecule has 0 aliphatic rings. The average molecular weight is 265 g/mol. The van der Waals surface area contributed by atoms with E-state index >= 15 is 0 Å². The summed E-state index contributed by atoms with van der Waals surface area (Å²) in [6.07, 6.45) is 1.48. The number of carbonyl (C=O) groups excluding carboxylic acids is 1. The summed E-state index contributed by atoms with van der Waals surface area (Å²) in [5.41, 5.74) is 16.1. The summed E-state index contributed by atoms with van der Waals surface area (Å²) in [4.78, 5) is 13.9. The normalized spacial score (nSPS) is 14.4. The van der Waals surface area contributed by atoms with Crippen LogP contribution in [0.1, 0.15) is 16.0 Å². The smallest absolute Gasteiger partial charge is 0.338 e. The largest absolute Gasteiger partial charge is 1.00 e. The number of hydrogen-bond acceptors (Lipinski definition) is 2. The molecule has 1 amide bonds. The maximum absolute atomic E-state index is 11.9. The molecule has 1 aromatic rings. The number of anilines is 1. The van der Waals surface area contributed by atoms with E-state index in [0.29, 0.717) is 5.69 Å². The van der Waals surface area contributed by atoms with Crippen molar-refractivity contribution in [2.75, 3.05) is 18.7 Å². The van der Waals surface area contributed by atoms with Crippen LogP contribution in [0.5, 0.6) is 0 Å². The Morgan fingerprint density at radius 3 is 2.76 bits per heavy atom. The molecule has 0 aliphatic carbocycles. The molecule has 96 valence electrons. The summed E-state index contributed by atoms with van der Waals surface area (Å²) < 4.78 is 31.7. The Morgan fingerprint density at radius 1 is 1.65 bits per heavy atom. The van der Waals surface area contributed by atoms with Crippen molar-refractivity contribution in [3.63, 3.8) is 0 Å². The van der Waals surface area contributed by atoms with E-state index < -0.39 is 24.9 Å². The van der Waals surface area contributed by atoms with Crippen LogP contribution in [0.3, 0.4) is 0 Å². The van der Waals surface area contributed by atoms with Crippen molar-refractivity contribution in [2.24, 2.45) is 18.5 Å². The number of amides is 1. The molecule has 0 fully saturated rings. The predicted molar refractivity (Wildman–Crippen MR) is 61.4 cm³/mol. The summed E-state index contributed by atoms with van der Waals surface area (Å²) in [5.74, 6) is -1.33. The number of halogens is 1. The van der Waals surface area contributed by atoms with Crippen LogP contribution in [-0.2, 0) is 7.05 Å². The van der Waals surface area contributed by atoms with E-state index in [9.17, 15) is 4.79 Å². The van der Waals surface area contributed by atoms with E-state index in [4.69, 9.17) is 22.7 Å². The Balaban J connectivity index is 0.00000400. The minimum absolute atomic E-state index is 0. The van der Waals surface area contributed by atoms with Crippen molar-refractivity contribution in [3.05, 3.63) is 18.0 Å². The van der Waals surface area contributed by atoms with Gasteiger partial charge in [0, 0.05) is 19.7 Å². The fourth-order valence-corrected chi connectivity index (χ4v) is 1.07. The number of nitrogens with two attached hydrogens (primary N) is 3. The topological polar surface area (TPSA) is 126 Å². The zero-order valence-electron chi connectivity index (χ0n) is 13.1. The van der Waals surface area contributed by atoms with Crippen molar-refractivity contribution in [3.8, 4) is 0 Å². The second kappa shape index (κ2) is 6.64. The maximum atomic E-state index is 11.9. The lowest BCUT2D eigenvalue weighted by atomic mass is 10.4. The highest BCUT2D eigenvalue weighted by atomic mass is 35.5. The van der Waals surface area contributed by atoms with Crippen LogP contribution in [0.25, 0.3) is 0 Å². The van der Waals surface area contributed by atoms with Crippen LogP contribution in [0.4, 0.5) is 5.69 Å². The quantitative estimate of drug-likeness (QED) is 0.274.